The zero-order chi connectivity index (χ0) is 9.03. The molecule has 4 nitrogen and oxygen atoms in total. The van der Waals surface area contributed by atoms with Crippen molar-refractivity contribution in [2.75, 3.05) is 19.3 Å². The van der Waals surface area contributed by atoms with Crippen LogP contribution in [0.4, 0.5) is 4.79 Å². The molecule has 0 aromatic carbocycles. The van der Waals surface area contributed by atoms with Crippen molar-refractivity contribution in [1.29, 1.82) is 0 Å². The Morgan fingerprint density at radius 2 is 2.17 bits per heavy atom. The first-order valence-corrected chi connectivity index (χ1v) is 7.42. The summed E-state index contributed by atoms with van der Waals surface area (Å²) < 4.78 is 0. The Bertz CT molecular complexity index is 169. The summed E-state index contributed by atoms with van der Waals surface area (Å²) in [7, 11) is -1.25. The van der Waals surface area contributed by atoms with E-state index in [1.165, 1.54) is 12.1 Å². The van der Waals surface area contributed by atoms with Crippen molar-refractivity contribution in [3.05, 3.63) is 0 Å². The molecular formula is C7H16N2O2Si. The lowest BCUT2D eigenvalue weighted by molar-refractivity contribution is 0.196. The van der Waals surface area contributed by atoms with Crippen molar-refractivity contribution in [2.45, 2.75) is 18.6 Å². The van der Waals surface area contributed by atoms with Gasteiger partial charge in [0.1, 0.15) is 0 Å². The average molecular weight is 188 g/mol. The maximum atomic E-state index is 10.3. The first-order chi connectivity index (χ1) is 5.62. The van der Waals surface area contributed by atoms with Crippen LogP contribution in [0.25, 0.3) is 0 Å². The van der Waals surface area contributed by atoms with E-state index in [0.717, 1.165) is 13.1 Å². The van der Waals surface area contributed by atoms with Gasteiger partial charge in [-0.25, -0.2) is 4.79 Å². The lowest BCUT2D eigenvalue weighted by Crippen LogP contribution is -2.50. The van der Waals surface area contributed by atoms with Crippen LogP contribution in [0, 0.1) is 0 Å². The van der Waals surface area contributed by atoms with Crippen molar-refractivity contribution in [2.24, 2.45) is 0 Å². The van der Waals surface area contributed by atoms with E-state index < -0.39 is 14.2 Å². The fourth-order valence-corrected chi connectivity index (χ4v) is 4.24. The van der Waals surface area contributed by atoms with Gasteiger partial charge in [-0.15, -0.1) is 0 Å². The summed E-state index contributed by atoms with van der Waals surface area (Å²) in [5.41, 5.74) is 0. The minimum absolute atomic E-state index is 0.712. The van der Waals surface area contributed by atoms with Gasteiger partial charge < -0.3 is 15.7 Å². The predicted octanol–water partition coefficient (Wildman–Crippen LogP) is 0.475. The molecule has 5 heteroatoms. The molecule has 0 aromatic heterocycles. The highest BCUT2D eigenvalue weighted by atomic mass is 28.3. The van der Waals surface area contributed by atoms with Gasteiger partial charge in [-0.1, -0.05) is 6.55 Å². The van der Waals surface area contributed by atoms with E-state index >= 15 is 0 Å². The number of hydrogen-bond acceptors (Lipinski definition) is 2. The van der Waals surface area contributed by atoms with Crippen molar-refractivity contribution in [3.63, 3.8) is 0 Å². The van der Waals surface area contributed by atoms with Crippen LogP contribution in [0.5, 0.6) is 0 Å². The molecule has 1 aliphatic rings. The zero-order valence-electron chi connectivity index (χ0n) is 7.39. The van der Waals surface area contributed by atoms with Crippen LogP contribution in [0.15, 0.2) is 0 Å². The first kappa shape index (κ1) is 9.53. The summed E-state index contributed by atoms with van der Waals surface area (Å²) in [4.78, 5) is 10.3. The largest absolute Gasteiger partial charge is 0.465 e. The number of nitrogens with one attached hydrogen (secondary N) is 2. The topological polar surface area (TPSA) is 61.4 Å². The quantitative estimate of drug-likeness (QED) is 0.552. The molecule has 0 radical (unpaired) electrons. The first-order valence-electron chi connectivity index (χ1n) is 4.30. The number of rotatable bonds is 2. The molecule has 1 heterocycles. The van der Waals surface area contributed by atoms with Gasteiger partial charge in [0.25, 0.3) is 0 Å². The Labute approximate surface area is 73.4 Å². The minimum Gasteiger partial charge on any atom is -0.465 e. The molecule has 12 heavy (non-hydrogen) atoms. The third-order valence-electron chi connectivity index (χ3n) is 2.48. The molecular weight excluding hydrogens is 172 g/mol. The van der Waals surface area contributed by atoms with Crippen LogP contribution in [-0.2, 0) is 0 Å². The Kier molecular flexibility index (Phi) is 3.10. The van der Waals surface area contributed by atoms with Crippen molar-refractivity contribution >= 4 is 14.2 Å². The van der Waals surface area contributed by atoms with Gasteiger partial charge in [0.15, 0.2) is 0 Å². The molecule has 1 fully saturated rings. The molecule has 0 atom stereocenters. The maximum Gasteiger partial charge on any atom is 0.404 e. The minimum atomic E-state index is -1.25. The molecule has 1 amide bonds. The van der Waals surface area contributed by atoms with E-state index in [2.05, 4.69) is 17.2 Å². The van der Waals surface area contributed by atoms with Crippen LogP contribution in [0.1, 0.15) is 0 Å². The fraction of sp³-hybridized carbons (Fsp3) is 0.857. The zero-order valence-corrected chi connectivity index (χ0v) is 8.39. The Morgan fingerprint density at radius 1 is 1.58 bits per heavy atom. The molecule has 70 valence electrons. The third-order valence-corrected chi connectivity index (χ3v) is 6.42. The molecule has 0 bridgehead atoms. The summed E-state index contributed by atoms with van der Waals surface area (Å²) in [6, 6.07) is 2.38. The molecule has 1 saturated heterocycles. The van der Waals surface area contributed by atoms with E-state index in [1.54, 1.807) is 0 Å². The monoisotopic (exact) mass is 188 g/mol. The second kappa shape index (κ2) is 3.91. The fourth-order valence-electron chi connectivity index (χ4n) is 1.50. The van der Waals surface area contributed by atoms with E-state index in [4.69, 9.17) is 5.11 Å². The van der Waals surface area contributed by atoms with Crippen molar-refractivity contribution in [1.82, 2.24) is 10.6 Å². The van der Waals surface area contributed by atoms with Crippen LogP contribution in [-0.4, -0.2) is 38.5 Å². The van der Waals surface area contributed by atoms with Crippen molar-refractivity contribution in [3.8, 4) is 0 Å². The molecule has 3 N–H and O–H groups in total. The van der Waals surface area contributed by atoms with Gasteiger partial charge in [-0.2, -0.15) is 0 Å². The highest BCUT2D eigenvalue weighted by molar-refractivity contribution is 6.79. The van der Waals surface area contributed by atoms with Crippen LogP contribution in [0.3, 0.4) is 0 Å². The smallest absolute Gasteiger partial charge is 0.404 e. The molecule has 0 spiro atoms. The lowest BCUT2D eigenvalue weighted by Gasteiger charge is -2.31. The van der Waals surface area contributed by atoms with E-state index in [0.29, 0.717) is 6.17 Å². The normalized spacial score (nSPS) is 21.8. The van der Waals surface area contributed by atoms with Gasteiger partial charge in [-0.05, 0) is 25.2 Å². The Hall–Kier alpha value is -0.553. The highest BCUT2D eigenvalue weighted by Gasteiger charge is 2.29. The molecule has 0 aromatic rings. The molecule has 0 aliphatic carbocycles. The molecule has 0 saturated carbocycles. The van der Waals surface area contributed by atoms with Crippen LogP contribution in [0.2, 0.25) is 18.6 Å². The van der Waals surface area contributed by atoms with Gasteiger partial charge in [0, 0.05) is 6.17 Å². The molecule has 0 unspecified atom stereocenters. The SMILES string of the molecule is C[Si]1(CNC(=O)O)CCNCC1. The Balaban J connectivity index is 2.31. The molecule has 1 aliphatic heterocycles. The van der Waals surface area contributed by atoms with Gasteiger partial charge in [0.2, 0.25) is 0 Å². The van der Waals surface area contributed by atoms with Gasteiger partial charge >= 0.3 is 6.09 Å². The standard InChI is InChI=1S/C7H16N2O2Si/c1-12(6-9-7(10)11)4-2-8-3-5-12/h8-9H,2-6H2,1H3,(H,10,11). The summed E-state index contributed by atoms with van der Waals surface area (Å²) >= 11 is 0. The third kappa shape index (κ3) is 2.82. The summed E-state index contributed by atoms with van der Waals surface area (Å²) in [6.07, 6.45) is -0.174. The summed E-state index contributed by atoms with van der Waals surface area (Å²) in [5, 5.41) is 14.2. The van der Waals surface area contributed by atoms with Crippen LogP contribution >= 0.6 is 0 Å². The number of carbonyl (C=O) groups is 1. The average Bonchev–Trinajstić information content (AvgIpc) is 2.03. The summed E-state index contributed by atoms with van der Waals surface area (Å²) in [6.45, 7) is 4.39. The van der Waals surface area contributed by atoms with E-state index in [-0.39, 0.29) is 0 Å². The summed E-state index contributed by atoms with van der Waals surface area (Å²) in [5.74, 6) is 0. The highest BCUT2D eigenvalue weighted by Crippen LogP contribution is 2.16. The van der Waals surface area contributed by atoms with E-state index in [1.807, 2.05) is 0 Å². The van der Waals surface area contributed by atoms with Crippen molar-refractivity contribution < 1.29 is 9.90 Å². The predicted molar refractivity (Wildman–Crippen MR) is 50.1 cm³/mol. The van der Waals surface area contributed by atoms with Gasteiger partial charge in [0.05, 0.1) is 8.07 Å². The van der Waals surface area contributed by atoms with E-state index in [9.17, 15) is 4.79 Å². The van der Waals surface area contributed by atoms with Crippen LogP contribution < -0.4 is 10.6 Å². The lowest BCUT2D eigenvalue weighted by atomic mass is 10.6. The molecule has 1 rings (SSSR count). The second-order valence-corrected chi connectivity index (χ2v) is 8.69. The maximum absolute atomic E-state index is 10.3. The number of amides is 1. The van der Waals surface area contributed by atoms with Gasteiger partial charge in [-0.3, -0.25) is 0 Å². The number of hydrogen-bond donors (Lipinski definition) is 3. The second-order valence-electron chi connectivity index (χ2n) is 3.72. The Morgan fingerprint density at radius 3 is 2.67 bits per heavy atom. The number of carboxylic acid groups (broad SMARTS) is 1.